The van der Waals surface area contributed by atoms with E-state index in [-0.39, 0.29) is 30.7 Å². The zero-order chi connectivity index (χ0) is 12.6. The summed E-state index contributed by atoms with van der Waals surface area (Å²) in [5.41, 5.74) is 0. The Balaban J connectivity index is 2.09. The van der Waals surface area contributed by atoms with Crippen molar-refractivity contribution >= 4 is 17.8 Å². The summed E-state index contributed by atoms with van der Waals surface area (Å²) in [5, 5.41) is 8.82. The number of imide groups is 1. The van der Waals surface area contributed by atoms with E-state index >= 15 is 0 Å². The normalized spacial score (nSPS) is 30.3. The highest BCUT2D eigenvalue weighted by molar-refractivity contribution is 6.05. The van der Waals surface area contributed by atoms with Crippen LogP contribution in [0.25, 0.3) is 0 Å². The van der Waals surface area contributed by atoms with Crippen LogP contribution in [0.3, 0.4) is 0 Å². The summed E-state index contributed by atoms with van der Waals surface area (Å²) < 4.78 is 0. The number of likely N-dealkylation sites (tertiary alicyclic amines) is 2. The van der Waals surface area contributed by atoms with Gasteiger partial charge in [-0.2, -0.15) is 0 Å². The van der Waals surface area contributed by atoms with Crippen molar-refractivity contribution in [3.05, 3.63) is 0 Å². The summed E-state index contributed by atoms with van der Waals surface area (Å²) in [5.74, 6) is -1.24. The fraction of sp³-hybridized carbons (Fsp3) is 0.727. The van der Waals surface area contributed by atoms with Crippen molar-refractivity contribution < 1.29 is 19.5 Å². The average Bonchev–Trinajstić information content (AvgIpc) is 2.78. The molecule has 0 aliphatic carbocycles. The number of carboxylic acid groups (broad SMARTS) is 1. The van der Waals surface area contributed by atoms with Crippen molar-refractivity contribution in [2.45, 2.75) is 37.8 Å². The lowest BCUT2D eigenvalue weighted by Crippen LogP contribution is -2.44. The van der Waals surface area contributed by atoms with Gasteiger partial charge in [0.1, 0.15) is 0 Å². The van der Waals surface area contributed by atoms with Crippen LogP contribution in [0.1, 0.15) is 25.7 Å². The van der Waals surface area contributed by atoms with Crippen LogP contribution in [0.5, 0.6) is 0 Å². The van der Waals surface area contributed by atoms with E-state index < -0.39 is 12.0 Å². The molecule has 17 heavy (non-hydrogen) atoms. The van der Waals surface area contributed by atoms with E-state index in [1.807, 2.05) is 4.90 Å². The number of carbonyl (C=O) groups is 3. The van der Waals surface area contributed by atoms with Crippen molar-refractivity contribution in [2.24, 2.45) is 0 Å². The predicted octanol–water partition coefficient (Wildman–Crippen LogP) is -0.317. The SMILES string of the molecule is CN1C(=O)CC(N2CCCC2CC(=O)O)C1=O. The second-order valence-corrected chi connectivity index (χ2v) is 4.64. The number of hydrogen-bond acceptors (Lipinski definition) is 4. The maximum atomic E-state index is 11.9. The fourth-order valence-electron chi connectivity index (χ4n) is 2.68. The van der Waals surface area contributed by atoms with Crippen LogP contribution in [-0.4, -0.2) is 58.4 Å². The number of nitrogens with zero attached hydrogens (tertiary/aromatic N) is 2. The third kappa shape index (κ3) is 2.17. The monoisotopic (exact) mass is 240 g/mol. The van der Waals surface area contributed by atoms with Crippen LogP contribution in [0.15, 0.2) is 0 Å². The minimum absolute atomic E-state index is 0.0433. The topological polar surface area (TPSA) is 77.9 Å². The number of carbonyl (C=O) groups excluding carboxylic acids is 2. The highest BCUT2D eigenvalue weighted by atomic mass is 16.4. The first kappa shape index (κ1) is 12.0. The lowest BCUT2D eigenvalue weighted by atomic mass is 10.1. The molecule has 94 valence electrons. The van der Waals surface area contributed by atoms with Crippen LogP contribution in [0.4, 0.5) is 0 Å². The molecule has 2 aliphatic rings. The zero-order valence-corrected chi connectivity index (χ0v) is 9.76. The van der Waals surface area contributed by atoms with Gasteiger partial charge in [0, 0.05) is 13.1 Å². The standard InChI is InChI=1S/C11H16N2O4/c1-12-9(14)6-8(11(12)17)13-4-2-3-7(13)5-10(15)16/h7-8H,2-6H2,1H3,(H,15,16). The Morgan fingerprint density at radius 1 is 1.47 bits per heavy atom. The molecule has 2 amide bonds. The van der Waals surface area contributed by atoms with Gasteiger partial charge >= 0.3 is 5.97 Å². The molecule has 2 heterocycles. The summed E-state index contributed by atoms with van der Waals surface area (Å²) in [6.07, 6.45) is 1.90. The molecule has 2 fully saturated rings. The highest BCUT2D eigenvalue weighted by Gasteiger charge is 2.43. The van der Waals surface area contributed by atoms with E-state index in [1.165, 1.54) is 7.05 Å². The first-order valence-corrected chi connectivity index (χ1v) is 5.78. The molecule has 6 nitrogen and oxygen atoms in total. The molecule has 0 aromatic rings. The quantitative estimate of drug-likeness (QED) is 0.684. The van der Waals surface area contributed by atoms with Crippen LogP contribution in [-0.2, 0) is 14.4 Å². The second-order valence-electron chi connectivity index (χ2n) is 4.64. The molecule has 0 bridgehead atoms. The molecule has 0 spiro atoms. The van der Waals surface area contributed by atoms with E-state index in [0.717, 1.165) is 17.7 Å². The Hall–Kier alpha value is -1.43. The van der Waals surface area contributed by atoms with Crippen LogP contribution >= 0.6 is 0 Å². The molecule has 2 atom stereocenters. The van der Waals surface area contributed by atoms with Gasteiger partial charge in [-0.3, -0.25) is 24.2 Å². The van der Waals surface area contributed by atoms with Crippen LogP contribution < -0.4 is 0 Å². The summed E-state index contributed by atoms with van der Waals surface area (Å²) in [6.45, 7) is 0.704. The van der Waals surface area contributed by atoms with Gasteiger partial charge < -0.3 is 5.11 Å². The van der Waals surface area contributed by atoms with E-state index in [4.69, 9.17) is 5.11 Å². The maximum absolute atomic E-state index is 11.9. The smallest absolute Gasteiger partial charge is 0.304 e. The summed E-state index contributed by atoms with van der Waals surface area (Å²) in [4.78, 5) is 37.1. The molecule has 2 unspecified atom stereocenters. The number of carboxylic acids is 1. The number of hydrogen-bond donors (Lipinski definition) is 1. The molecule has 0 radical (unpaired) electrons. The van der Waals surface area contributed by atoms with Crippen LogP contribution in [0.2, 0.25) is 0 Å². The first-order valence-electron chi connectivity index (χ1n) is 5.78. The van der Waals surface area contributed by atoms with E-state index in [0.29, 0.717) is 6.54 Å². The predicted molar refractivity (Wildman–Crippen MR) is 58.2 cm³/mol. The Morgan fingerprint density at radius 3 is 2.71 bits per heavy atom. The third-order valence-corrected chi connectivity index (χ3v) is 3.59. The minimum Gasteiger partial charge on any atom is -0.481 e. The molecule has 2 saturated heterocycles. The lowest BCUT2D eigenvalue weighted by molar-refractivity contribution is -0.141. The Labute approximate surface area is 99.2 Å². The highest BCUT2D eigenvalue weighted by Crippen LogP contribution is 2.27. The van der Waals surface area contributed by atoms with Crippen molar-refractivity contribution in [3.8, 4) is 0 Å². The van der Waals surface area contributed by atoms with E-state index in [1.54, 1.807) is 0 Å². The third-order valence-electron chi connectivity index (χ3n) is 3.59. The van der Waals surface area contributed by atoms with Gasteiger partial charge in [-0.1, -0.05) is 0 Å². The van der Waals surface area contributed by atoms with Crippen molar-refractivity contribution in [1.82, 2.24) is 9.80 Å². The van der Waals surface area contributed by atoms with Crippen molar-refractivity contribution in [3.63, 3.8) is 0 Å². The molecular weight excluding hydrogens is 224 g/mol. The zero-order valence-electron chi connectivity index (χ0n) is 9.76. The van der Waals surface area contributed by atoms with E-state index in [2.05, 4.69) is 0 Å². The molecule has 0 aromatic carbocycles. The molecule has 0 aromatic heterocycles. The summed E-state index contributed by atoms with van der Waals surface area (Å²) in [6, 6.07) is -0.555. The molecule has 2 aliphatic heterocycles. The maximum Gasteiger partial charge on any atom is 0.304 e. The number of likely N-dealkylation sites (N-methyl/N-ethyl adjacent to an activating group) is 1. The van der Waals surface area contributed by atoms with Crippen molar-refractivity contribution in [2.75, 3.05) is 13.6 Å². The van der Waals surface area contributed by atoms with Crippen molar-refractivity contribution in [1.29, 1.82) is 0 Å². The summed E-state index contributed by atoms with van der Waals surface area (Å²) >= 11 is 0. The van der Waals surface area contributed by atoms with Gasteiger partial charge in [0.25, 0.3) is 0 Å². The lowest BCUT2D eigenvalue weighted by Gasteiger charge is -2.27. The first-order chi connectivity index (χ1) is 8.00. The Kier molecular flexibility index (Phi) is 3.15. The fourth-order valence-corrected chi connectivity index (χ4v) is 2.68. The molecular formula is C11H16N2O4. The number of aliphatic carboxylic acids is 1. The molecule has 6 heteroatoms. The van der Waals surface area contributed by atoms with Gasteiger partial charge in [0.05, 0.1) is 18.9 Å². The molecule has 0 saturated carbocycles. The molecule has 2 rings (SSSR count). The van der Waals surface area contributed by atoms with Gasteiger partial charge in [-0.25, -0.2) is 0 Å². The van der Waals surface area contributed by atoms with Gasteiger partial charge in [0.15, 0.2) is 0 Å². The Bertz CT molecular complexity index is 368. The number of rotatable bonds is 3. The van der Waals surface area contributed by atoms with Crippen LogP contribution in [0, 0.1) is 0 Å². The largest absolute Gasteiger partial charge is 0.481 e. The van der Waals surface area contributed by atoms with E-state index in [9.17, 15) is 14.4 Å². The van der Waals surface area contributed by atoms with Gasteiger partial charge in [-0.15, -0.1) is 0 Å². The second kappa shape index (κ2) is 4.44. The molecule has 1 N–H and O–H groups in total. The Morgan fingerprint density at radius 2 is 2.18 bits per heavy atom. The summed E-state index contributed by atoms with van der Waals surface area (Å²) in [7, 11) is 1.48. The van der Waals surface area contributed by atoms with Gasteiger partial charge in [-0.05, 0) is 19.4 Å². The number of amides is 2. The van der Waals surface area contributed by atoms with Gasteiger partial charge in [0.2, 0.25) is 11.8 Å². The minimum atomic E-state index is -0.855. The average molecular weight is 240 g/mol.